The second-order valence-corrected chi connectivity index (χ2v) is 9.02. The molecule has 0 fully saturated rings. The first-order chi connectivity index (χ1) is 15.4. The molecule has 0 unspecified atom stereocenters. The summed E-state index contributed by atoms with van der Waals surface area (Å²) in [5.41, 5.74) is 4.24. The second kappa shape index (κ2) is 11.0. The van der Waals surface area contributed by atoms with E-state index in [-0.39, 0.29) is 23.5 Å². The molecule has 2 aromatic rings. The largest absolute Gasteiger partial charge is 0.469 e. The highest BCUT2D eigenvalue weighted by Gasteiger charge is 2.22. The minimum atomic E-state index is -0.345. The number of fused-ring (bicyclic) bond motifs is 1. The monoisotopic (exact) mass is 451 g/mol. The van der Waals surface area contributed by atoms with Crippen LogP contribution in [0.25, 0.3) is 0 Å². The third-order valence-corrected chi connectivity index (χ3v) is 6.34. The molecule has 0 saturated carbocycles. The molecule has 1 heterocycles. The van der Waals surface area contributed by atoms with Crippen molar-refractivity contribution >= 4 is 45.7 Å². The van der Waals surface area contributed by atoms with Crippen molar-refractivity contribution in [1.29, 1.82) is 0 Å². The number of rotatable bonds is 7. The minimum absolute atomic E-state index is 0.0779. The van der Waals surface area contributed by atoms with E-state index in [4.69, 9.17) is 9.73 Å². The SMILES string of the molecule is CC[C@H](SC1=Nc2ccccc2NC(CC(=O)OC)=C1)C(=O)Nc1ccc(C(C)C)cc1. The average Bonchev–Trinajstić information content (AvgIpc) is 2.95. The summed E-state index contributed by atoms with van der Waals surface area (Å²) in [7, 11) is 1.36. The lowest BCUT2D eigenvalue weighted by molar-refractivity contribution is -0.139. The quantitative estimate of drug-likeness (QED) is 0.515. The van der Waals surface area contributed by atoms with Gasteiger partial charge in [0.15, 0.2) is 0 Å². The van der Waals surface area contributed by atoms with E-state index in [1.807, 2.05) is 61.5 Å². The molecular weight excluding hydrogens is 422 g/mol. The molecule has 0 aliphatic carbocycles. The number of ether oxygens (including phenoxy) is 1. The standard InChI is InChI=1S/C25H29N3O3S/c1-5-22(25(30)27-18-12-10-17(11-13-18)16(2)3)32-23-14-19(15-24(29)31-4)26-20-8-6-7-9-21(20)28-23/h6-14,16,22,26H,5,15H2,1-4H3,(H,27,30)/t22-/m0/s1. The fourth-order valence-corrected chi connectivity index (χ4v) is 4.20. The minimum Gasteiger partial charge on any atom is -0.469 e. The molecule has 0 bridgehead atoms. The third-order valence-electron chi connectivity index (χ3n) is 5.06. The smallest absolute Gasteiger partial charge is 0.311 e. The van der Waals surface area contributed by atoms with Crippen LogP contribution in [0.2, 0.25) is 0 Å². The number of anilines is 2. The number of nitrogens with zero attached hydrogens (tertiary/aromatic N) is 1. The molecule has 2 aromatic carbocycles. The Morgan fingerprint density at radius 2 is 1.84 bits per heavy atom. The summed E-state index contributed by atoms with van der Waals surface area (Å²) in [6.07, 6.45) is 2.54. The van der Waals surface area contributed by atoms with Crippen molar-refractivity contribution in [3.8, 4) is 0 Å². The number of aliphatic imine (C=N–C) groups is 1. The number of nitrogens with one attached hydrogen (secondary N) is 2. The first-order valence-electron chi connectivity index (χ1n) is 10.7. The van der Waals surface area contributed by atoms with Gasteiger partial charge in [0.2, 0.25) is 5.91 Å². The zero-order valence-electron chi connectivity index (χ0n) is 18.8. The molecule has 168 valence electrons. The van der Waals surface area contributed by atoms with Crippen molar-refractivity contribution in [1.82, 2.24) is 0 Å². The Labute approximate surface area is 193 Å². The highest BCUT2D eigenvalue weighted by Crippen LogP contribution is 2.32. The van der Waals surface area contributed by atoms with Crippen LogP contribution in [0.3, 0.4) is 0 Å². The summed E-state index contributed by atoms with van der Waals surface area (Å²) in [4.78, 5) is 29.6. The van der Waals surface area contributed by atoms with Crippen LogP contribution in [-0.2, 0) is 14.3 Å². The fourth-order valence-electron chi connectivity index (χ4n) is 3.21. The highest BCUT2D eigenvalue weighted by atomic mass is 32.2. The van der Waals surface area contributed by atoms with Gasteiger partial charge in [-0.05, 0) is 48.2 Å². The van der Waals surface area contributed by atoms with Crippen LogP contribution in [0.15, 0.2) is 65.3 Å². The molecule has 1 aliphatic rings. The van der Waals surface area contributed by atoms with E-state index in [0.717, 1.165) is 17.1 Å². The van der Waals surface area contributed by atoms with E-state index in [1.54, 1.807) is 0 Å². The zero-order chi connectivity index (χ0) is 23.1. The summed E-state index contributed by atoms with van der Waals surface area (Å²) in [5.74, 6) is 0.0161. The number of esters is 1. The van der Waals surface area contributed by atoms with Gasteiger partial charge in [0.1, 0.15) is 0 Å². The maximum atomic E-state index is 13.0. The fraction of sp³-hybridized carbons (Fsp3) is 0.320. The Morgan fingerprint density at radius 1 is 1.12 bits per heavy atom. The van der Waals surface area contributed by atoms with Crippen LogP contribution in [0.5, 0.6) is 0 Å². The van der Waals surface area contributed by atoms with Crippen LogP contribution >= 0.6 is 11.8 Å². The first kappa shape index (κ1) is 23.6. The van der Waals surface area contributed by atoms with Crippen LogP contribution in [0, 0.1) is 0 Å². The van der Waals surface area contributed by atoms with Gasteiger partial charge in [0, 0.05) is 11.4 Å². The summed E-state index contributed by atoms with van der Waals surface area (Å²) < 4.78 is 4.82. The van der Waals surface area contributed by atoms with Crippen molar-refractivity contribution in [2.24, 2.45) is 4.99 Å². The summed E-state index contributed by atoms with van der Waals surface area (Å²) in [6.45, 7) is 6.25. The Bertz CT molecular complexity index is 1030. The van der Waals surface area contributed by atoms with E-state index in [9.17, 15) is 9.59 Å². The number of benzene rings is 2. The lowest BCUT2D eigenvalue weighted by Crippen LogP contribution is -2.25. The third kappa shape index (κ3) is 6.23. The van der Waals surface area contributed by atoms with Gasteiger partial charge < -0.3 is 15.4 Å². The summed E-state index contributed by atoms with van der Waals surface area (Å²) in [6, 6.07) is 15.6. The maximum Gasteiger partial charge on any atom is 0.311 e. The van der Waals surface area contributed by atoms with Gasteiger partial charge in [-0.25, -0.2) is 4.99 Å². The van der Waals surface area contributed by atoms with Gasteiger partial charge in [0.05, 0.1) is 35.2 Å². The Kier molecular flexibility index (Phi) is 8.11. The van der Waals surface area contributed by atoms with E-state index in [1.165, 1.54) is 24.4 Å². The molecule has 1 aliphatic heterocycles. The number of hydrogen-bond acceptors (Lipinski definition) is 6. The second-order valence-electron chi connectivity index (χ2n) is 7.80. The lowest BCUT2D eigenvalue weighted by atomic mass is 10.0. The van der Waals surface area contributed by atoms with Gasteiger partial charge in [-0.3, -0.25) is 9.59 Å². The highest BCUT2D eigenvalue weighted by molar-refractivity contribution is 8.15. The summed E-state index contributed by atoms with van der Waals surface area (Å²) in [5, 5.41) is 6.60. The molecule has 2 N–H and O–H groups in total. The molecule has 6 nitrogen and oxygen atoms in total. The molecular formula is C25H29N3O3S. The molecule has 0 radical (unpaired) electrons. The number of carbonyl (C=O) groups excluding carboxylic acids is 2. The normalized spacial score (nSPS) is 13.8. The molecule has 32 heavy (non-hydrogen) atoms. The van der Waals surface area contributed by atoms with Gasteiger partial charge in [-0.15, -0.1) is 0 Å². The van der Waals surface area contributed by atoms with Gasteiger partial charge in [-0.1, -0.05) is 56.8 Å². The van der Waals surface area contributed by atoms with Crippen molar-refractivity contribution in [3.63, 3.8) is 0 Å². The molecule has 0 aromatic heterocycles. The first-order valence-corrected chi connectivity index (χ1v) is 11.6. The zero-order valence-corrected chi connectivity index (χ0v) is 19.7. The number of para-hydroxylation sites is 2. The molecule has 0 saturated heterocycles. The number of amides is 1. The molecule has 0 spiro atoms. The van der Waals surface area contributed by atoms with Crippen molar-refractivity contribution in [3.05, 3.63) is 65.9 Å². The number of hydrogen-bond donors (Lipinski definition) is 2. The van der Waals surface area contributed by atoms with Crippen molar-refractivity contribution in [2.75, 3.05) is 17.7 Å². The van der Waals surface area contributed by atoms with Crippen molar-refractivity contribution in [2.45, 2.75) is 44.8 Å². The van der Waals surface area contributed by atoms with Crippen molar-refractivity contribution < 1.29 is 14.3 Å². The lowest BCUT2D eigenvalue weighted by Gasteiger charge is -2.15. The van der Waals surface area contributed by atoms with Gasteiger partial charge in [-0.2, -0.15) is 0 Å². The molecule has 3 rings (SSSR count). The topological polar surface area (TPSA) is 79.8 Å². The number of methoxy groups -OCH3 is 1. The van der Waals surface area contributed by atoms with Crippen LogP contribution < -0.4 is 10.6 Å². The van der Waals surface area contributed by atoms with E-state index >= 15 is 0 Å². The number of thioether (sulfide) groups is 1. The van der Waals surface area contributed by atoms with E-state index in [2.05, 4.69) is 24.5 Å². The van der Waals surface area contributed by atoms with E-state index < -0.39 is 0 Å². The predicted molar refractivity (Wildman–Crippen MR) is 133 cm³/mol. The van der Waals surface area contributed by atoms with Gasteiger partial charge >= 0.3 is 5.97 Å². The van der Waals surface area contributed by atoms with Gasteiger partial charge in [0.25, 0.3) is 0 Å². The molecule has 7 heteroatoms. The Morgan fingerprint density at radius 3 is 2.50 bits per heavy atom. The molecule has 1 amide bonds. The predicted octanol–water partition coefficient (Wildman–Crippen LogP) is 5.86. The Hall–Kier alpha value is -3.06. The summed E-state index contributed by atoms with van der Waals surface area (Å²) >= 11 is 1.39. The van der Waals surface area contributed by atoms with E-state index in [0.29, 0.717) is 23.1 Å². The maximum absolute atomic E-state index is 13.0. The molecule has 1 atom stereocenters. The number of carbonyl (C=O) groups is 2. The average molecular weight is 452 g/mol. The van der Waals surface area contributed by atoms with Crippen LogP contribution in [0.4, 0.5) is 17.1 Å². The van der Waals surface area contributed by atoms with Crippen LogP contribution in [0.1, 0.15) is 45.1 Å². The Balaban J connectivity index is 1.79. The van der Waals surface area contributed by atoms with Crippen LogP contribution in [-0.4, -0.2) is 29.3 Å².